The maximum atomic E-state index is 6.36. The molecule has 0 bridgehead atoms. The van der Waals surface area contributed by atoms with Crippen LogP contribution in [0.1, 0.15) is 25.0 Å². The van der Waals surface area contributed by atoms with Crippen molar-refractivity contribution in [2.45, 2.75) is 19.3 Å². The fraction of sp³-hybridized carbons (Fsp3) is 0.0545. The van der Waals surface area contributed by atoms with Crippen LogP contribution in [0.25, 0.3) is 77.2 Å². The predicted octanol–water partition coefficient (Wildman–Crippen LogP) is 15.5. The summed E-state index contributed by atoms with van der Waals surface area (Å²) in [4.78, 5) is 2.43. The molecule has 0 aliphatic heterocycles. The largest absolute Gasteiger partial charge is 0.455 e. The van der Waals surface area contributed by atoms with Crippen molar-refractivity contribution >= 4 is 49.8 Å². The lowest BCUT2D eigenvalue weighted by Crippen LogP contribution is -2.16. The van der Waals surface area contributed by atoms with Crippen LogP contribution < -0.4 is 4.90 Å². The highest BCUT2D eigenvalue weighted by Crippen LogP contribution is 2.52. The number of hydrogen-bond acceptors (Lipinski definition) is 2. The van der Waals surface area contributed by atoms with Crippen LogP contribution in [0.5, 0.6) is 0 Å². The monoisotopic (exact) mass is 729 g/mol. The van der Waals surface area contributed by atoms with E-state index in [4.69, 9.17) is 4.42 Å². The van der Waals surface area contributed by atoms with Gasteiger partial charge >= 0.3 is 0 Å². The lowest BCUT2D eigenvalue weighted by Gasteiger charge is -2.29. The van der Waals surface area contributed by atoms with E-state index < -0.39 is 0 Å². The summed E-state index contributed by atoms with van der Waals surface area (Å²) in [6.45, 7) is 4.74. The Morgan fingerprint density at radius 3 is 1.75 bits per heavy atom. The van der Waals surface area contributed by atoms with E-state index in [9.17, 15) is 0 Å². The first-order chi connectivity index (χ1) is 28.0. The van der Waals surface area contributed by atoms with E-state index in [0.717, 1.165) is 50.1 Å². The summed E-state index contributed by atoms with van der Waals surface area (Å²) >= 11 is 0. The number of para-hydroxylation sites is 2. The second kappa shape index (κ2) is 13.0. The maximum absolute atomic E-state index is 6.36. The van der Waals surface area contributed by atoms with Crippen molar-refractivity contribution in [2.24, 2.45) is 0 Å². The molecule has 2 heteroatoms. The lowest BCUT2D eigenvalue weighted by molar-refractivity contribution is 0.660. The van der Waals surface area contributed by atoms with Crippen LogP contribution in [-0.4, -0.2) is 0 Å². The Morgan fingerprint density at radius 1 is 0.386 bits per heavy atom. The second-order valence-corrected chi connectivity index (χ2v) is 15.7. The highest BCUT2D eigenvalue weighted by atomic mass is 16.3. The zero-order chi connectivity index (χ0) is 38.1. The molecule has 0 saturated heterocycles. The van der Waals surface area contributed by atoms with Crippen LogP contribution >= 0.6 is 0 Å². The van der Waals surface area contributed by atoms with Crippen molar-refractivity contribution in [1.82, 2.24) is 0 Å². The highest BCUT2D eigenvalue weighted by Gasteiger charge is 2.36. The Kier molecular flexibility index (Phi) is 7.55. The van der Waals surface area contributed by atoms with Gasteiger partial charge in [-0.05, 0) is 97.9 Å². The average Bonchev–Trinajstić information content (AvgIpc) is 3.76. The lowest BCUT2D eigenvalue weighted by atomic mass is 9.81. The van der Waals surface area contributed by atoms with Crippen molar-refractivity contribution in [3.8, 4) is 44.5 Å². The van der Waals surface area contributed by atoms with Gasteiger partial charge in [0.05, 0.1) is 5.69 Å². The molecule has 0 radical (unpaired) electrons. The Balaban J connectivity index is 0.972. The molecule has 0 spiro atoms. The van der Waals surface area contributed by atoms with Gasteiger partial charge in [0.1, 0.15) is 11.2 Å². The van der Waals surface area contributed by atoms with Gasteiger partial charge in [-0.15, -0.1) is 0 Å². The zero-order valence-corrected chi connectivity index (χ0v) is 31.9. The number of benzene rings is 9. The van der Waals surface area contributed by atoms with Gasteiger partial charge in [-0.3, -0.25) is 0 Å². The summed E-state index contributed by atoms with van der Waals surface area (Å²) in [5.74, 6) is 0. The van der Waals surface area contributed by atoms with Crippen LogP contribution in [0.2, 0.25) is 0 Å². The minimum atomic E-state index is -0.165. The van der Waals surface area contributed by atoms with Crippen molar-refractivity contribution in [2.75, 3.05) is 4.90 Å². The van der Waals surface area contributed by atoms with Gasteiger partial charge in [0.25, 0.3) is 0 Å². The fourth-order valence-electron chi connectivity index (χ4n) is 9.12. The number of rotatable bonds is 6. The molecule has 10 aromatic rings. The molecule has 57 heavy (non-hydrogen) atoms. The molecule has 0 amide bonds. The van der Waals surface area contributed by atoms with Gasteiger partial charge < -0.3 is 9.32 Å². The van der Waals surface area contributed by atoms with Gasteiger partial charge in [-0.25, -0.2) is 0 Å². The molecule has 1 aliphatic carbocycles. The molecule has 11 rings (SSSR count). The summed E-state index contributed by atoms with van der Waals surface area (Å²) in [6.07, 6.45) is 0. The zero-order valence-electron chi connectivity index (χ0n) is 31.9. The van der Waals surface area contributed by atoms with E-state index in [-0.39, 0.29) is 5.41 Å². The first kappa shape index (κ1) is 33.2. The van der Waals surface area contributed by atoms with Crippen molar-refractivity contribution in [3.63, 3.8) is 0 Å². The third-order valence-electron chi connectivity index (χ3n) is 12.1. The van der Waals surface area contributed by atoms with Crippen LogP contribution in [0, 0.1) is 0 Å². The number of hydrogen-bond donors (Lipinski definition) is 0. The summed E-state index contributed by atoms with van der Waals surface area (Å²) in [5.41, 5.74) is 17.5. The number of anilines is 3. The van der Waals surface area contributed by atoms with E-state index in [1.807, 2.05) is 12.1 Å². The van der Waals surface area contributed by atoms with Gasteiger partial charge in [-0.2, -0.15) is 0 Å². The summed E-state index contributed by atoms with van der Waals surface area (Å²) in [5, 5.41) is 4.73. The third-order valence-corrected chi connectivity index (χ3v) is 12.1. The maximum Gasteiger partial charge on any atom is 0.143 e. The van der Waals surface area contributed by atoms with E-state index in [1.165, 1.54) is 55.3 Å². The number of nitrogens with zero attached hydrogens (tertiary/aromatic N) is 1. The minimum Gasteiger partial charge on any atom is -0.455 e. The molecule has 0 fully saturated rings. The summed E-state index contributed by atoms with van der Waals surface area (Å²) in [6, 6.07) is 72.6. The minimum absolute atomic E-state index is 0.165. The molecule has 1 aliphatic rings. The molecule has 0 saturated carbocycles. The predicted molar refractivity (Wildman–Crippen MR) is 240 cm³/mol. The van der Waals surface area contributed by atoms with Crippen molar-refractivity contribution < 1.29 is 4.42 Å². The Hall–Kier alpha value is -7.16. The fourth-order valence-corrected chi connectivity index (χ4v) is 9.12. The molecular weight excluding hydrogens is 691 g/mol. The molecule has 0 unspecified atom stereocenters. The van der Waals surface area contributed by atoms with Gasteiger partial charge in [-0.1, -0.05) is 172 Å². The molecule has 0 N–H and O–H groups in total. The van der Waals surface area contributed by atoms with Crippen LogP contribution in [0.15, 0.2) is 205 Å². The van der Waals surface area contributed by atoms with E-state index in [0.29, 0.717) is 0 Å². The smallest absolute Gasteiger partial charge is 0.143 e. The van der Waals surface area contributed by atoms with E-state index in [1.54, 1.807) is 0 Å². The normalized spacial score (nSPS) is 12.9. The second-order valence-electron chi connectivity index (χ2n) is 15.7. The SMILES string of the molecule is CC1(C)c2cc(-c3ccccc3)ccc2-c2ccc(N(c3ccc(-c4ccc(-c5cccc6c5oc5ccccc56)cc4)cc3)c3cccc4ccccc34)cc21. The molecule has 270 valence electrons. The number of fused-ring (bicyclic) bond motifs is 7. The molecular formula is C55H39NO. The summed E-state index contributed by atoms with van der Waals surface area (Å²) < 4.78 is 6.36. The van der Waals surface area contributed by atoms with Gasteiger partial charge in [0.15, 0.2) is 0 Å². The number of furan rings is 1. The molecule has 9 aromatic carbocycles. The van der Waals surface area contributed by atoms with Gasteiger partial charge in [0, 0.05) is 38.5 Å². The van der Waals surface area contributed by atoms with Gasteiger partial charge in [0.2, 0.25) is 0 Å². The van der Waals surface area contributed by atoms with Crippen LogP contribution in [0.4, 0.5) is 17.1 Å². The molecule has 0 atom stereocenters. The first-order valence-electron chi connectivity index (χ1n) is 19.8. The average molecular weight is 730 g/mol. The molecule has 2 nitrogen and oxygen atoms in total. The first-order valence-corrected chi connectivity index (χ1v) is 19.8. The Morgan fingerprint density at radius 2 is 0.947 bits per heavy atom. The standard InChI is InChI=1S/C55H39NO/c1-55(2)50-34-41(36-12-4-3-5-13-36)28-32-46(50)47-33-31-43(35-51(47)55)56(52-20-10-15-39-14-6-7-16-44(39)52)42-29-26-38(27-30-42)37-22-24-40(25-23-37)45-18-11-19-49-48-17-8-9-21-53(48)57-54(45)49/h3-35H,1-2H3. The van der Waals surface area contributed by atoms with Crippen molar-refractivity contribution in [3.05, 3.63) is 211 Å². The van der Waals surface area contributed by atoms with Crippen LogP contribution in [0.3, 0.4) is 0 Å². The molecule has 1 aromatic heterocycles. The summed E-state index contributed by atoms with van der Waals surface area (Å²) in [7, 11) is 0. The third kappa shape index (κ3) is 5.40. The van der Waals surface area contributed by atoms with E-state index >= 15 is 0 Å². The highest BCUT2D eigenvalue weighted by molar-refractivity contribution is 6.09. The Labute approximate surface area is 332 Å². The quantitative estimate of drug-likeness (QED) is 0.169. The van der Waals surface area contributed by atoms with E-state index in [2.05, 4.69) is 207 Å². The van der Waals surface area contributed by atoms with Crippen LogP contribution in [-0.2, 0) is 5.41 Å². The molecule has 1 heterocycles. The van der Waals surface area contributed by atoms with Crippen molar-refractivity contribution in [1.29, 1.82) is 0 Å². The topological polar surface area (TPSA) is 16.4 Å². The Bertz CT molecular complexity index is 3130.